The fourth-order valence-electron chi connectivity index (χ4n) is 1.58. The number of aliphatic hydroxyl groups is 1. The number of nitriles is 1. The minimum atomic E-state index is -3.01. The summed E-state index contributed by atoms with van der Waals surface area (Å²) in [4.78, 5) is 0. The summed E-state index contributed by atoms with van der Waals surface area (Å²) in [5.74, 6) is -0.0415. The monoisotopic (exact) mass is 247 g/mol. The summed E-state index contributed by atoms with van der Waals surface area (Å²) in [7, 11) is -3.01. The van der Waals surface area contributed by atoms with Gasteiger partial charge in [0.1, 0.15) is 0 Å². The Morgan fingerprint density at radius 1 is 1.38 bits per heavy atom. The zero-order chi connectivity index (χ0) is 12.4. The van der Waals surface area contributed by atoms with Gasteiger partial charge in [-0.15, -0.1) is 0 Å². The molecule has 2 unspecified atom stereocenters. The minimum Gasteiger partial charge on any atom is -0.391 e. The van der Waals surface area contributed by atoms with E-state index in [9.17, 15) is 13.5 Å². The second kappa shape index (κ2) is 4.70. The Morgan fingerprint density at radius 2 is 1.88 bits per heavy atom. The highest BCUT2D eigenvalue weighted by Crippen LogP contribution is 2.28. The third-order valence-electron chi connectivity index (χ3n) is 2.93. The molecule has 5 nitrogen and oxygen atoms in total. The summed E-state index contributed by atoms with van der Waals surface area (Å²) in [6.07, 6.45) is -0.782. The van der Waals surface area contributed by atoms with E-state index in [4.69, 9.17) is 10.00 Å². The topological polar surface area (TPSA) is 87.4 Å². The van der Waals surface area contributed by atoms with Crippen molar-refractivity contribution in [2.75, 3.05) is 11.5 Å². The Kier molecular flexibility index (Phi) is 3.94. The molecule has 0 amide bonds. The van der Waals surface area contributed by atoms with Crippen LogP contribution in [0.25, 0.3) is 0 Å². The van der Waals surface area contributed by atoms with Gasteiger partial charge in [-0.3, -0.25) is 0 Å². The molecule has 1 aliphatic heterocycles. The minimum absolute atomic E-state index is 0.0207. The second-order valence-corrected chi connectivity index (χ2v) is 6.63. The molecule has 92 valence electrons. The van der Waals surface area contributed by atoms with Crippen LogP contribution in [0.3, 0.4) is 0 Å². The van der Waals surface area contributed by atoms with Crippen molar-refractivity contribution in [3.05, 3.63) is 0 Å². The summed E-state index contributed by atoms with van der Waals surface area (Å²) in [5, 5.41) is 18.4. The standard InChI is InChI=1S/C10H17NO4S/c1-8(12)9(2)15-10(7-11)3-5-16(13,14)6-4-10/h8-9,12H,3-6H2,1-2H3. The number of hydrogen-bond donors (Lipinski definition) is 1. The van der Waals surface area contributed by atoms with Gasteiger partial charge in [-0.2, -0.15) is 5.26 Å². The van der Waals surface area contributed by atoms with Crippen LogP contribution in [0.15, 0.2) is 0 Å². The van der Waals surface area contributed by atoms with E-state index in [2.05, 4.69) is 0 Å². The quantitative estimate of drug-likeness (QED) is 0.772. The maximum Gasteiger partial charge on any atom is 0.156 e. The fraction of sp³-hybridized carbons (Fsp3) is 0.900. The molecule has 0 spiro atoms. The fourth-order valence-corrected chi connectivity index (χ4v) is 3.06. The molecular weight excluding hydrogens is 230 g/mol. The molecule has 1 heterocycles. The van der Waals surface area contributed by atoms with Crippen molar-refractivity contribution in [2.45, 2.75) is 44.5 Å². The van der Waals surface area contributed by atoms with Crippen LogP contribution in [0.2, 0.25) is 0 Å². The predicted molar refractivity (Wildman–Crippen MR) is 58.5 cm³/mol. The first-order chi connectivity index (χ1) is 7.30. The largest absolute Gasteiger partial charge is 0.391 e. The molecule has 0 saturated carbocycles. The summed E-state index contributed by atoms with van der Waals surface area (Å²) in [6, 6.07) is 2.04. The van der Waals surface area contributed by atoms with E-state index < -0.39 is 27.6 Å². The van der Waals surface area contributed by atoms with Crippen LogP contribution >= 0.6 is 0 Å². The maximum absolute atomic E-state index is 11.3. The summed E-state index contributed by atoms with van der Waals surface area (Å²) >= 11 is 0. The van der Waals surface area contributed by atoms with Gasteiger partial charge in [-0.25, -0.2) is 8.42 Å². The van der Waals surface area contributed by atoms with Crippen LogP contribution < -0.4 is 0 Å². The number of aliphatic hydroxyl groups excluding tert-OH is 1. The van der Waals surface area contributed by atoms with Gasteiger partial charge in [0, 0.05) is 12.8 Å². The highest BCUT2D eigenvalue weighted by Gasteiger charge is 2.40. The average molecular weight is 247 g/mol. The van der Waals surface area contributed by atoms with E-state index in [0.717, 1.165) is 0 Å². The zero-order valence-corrected chi connectivity index (χ0v) is 10.3. The zero-order valence-electron chi connectivity index (χ0n) is 9.51. The van der Waals surface area contributed by atoms with Crippen LogP contribution in [-0.4, -0.2) is 42.8 Å². The van der Waals surface area contributed by atoms with Gasteiger partial charge >= 0.3 is 0 Å². The van der Waals surface area contributed by atoms with Gasteiger partial charge in [0.2, 0.25) is 0 Å². The molecule has 6 heteroatoms. The Bertz CT molecular complexity index is 368. The van der Waals surface area contributed by atoms with Crippen LogP contribution in [0.5, 0.6) is 0 Å². The number of sulfone groups is 1. The van der Waals surface area contributed by atoms with Gasteiger partial charge in [0.05, 0.1) is 29.8 Å². The van der Waals surface area contributed by atoms with Crippen molar-refractivity contribution in [1.82, 2.24) is 0 Å². The SMILES string of the molecule is CC(O)C(C)OC1(C#N)CCS(=O)(=O)CC1. The van der Waals surface area contributed by atoms with Gasteiger partial charge in [0.25, 0.3) is 0 Å². The van der Waals surface area contributed by atoms with Crippen LogP contribution in [0, 0.1) is 11.3 Å². The van der Waals surface area contributed by atoms with Crippen molar-refractivity contribution < 1.29 is 18.3 Å². The molecule has 1 rings (SSSR count). The molecular formula is C10H17NO4S. The smallest absolute Gasteiger partial charge is 0.156 e. The van der Waals surface area contributed by atoms with E-state index in [1.807, 2.05) is 6.07 Å². The van der Waals surface area contributed by atoms with Crippen molar-refractivity contribution >= 4 is 9.84 Å². The molecule has 0 aromatic rings. The van der Waals surface area contributed by atoms with Gasteiger partial charge in [-0.1, -0.05) is 0 Å². The Hall–Kier alpha value is -0.640. The van der Waals surface area contributed by atoms with E-state index in [0.29, 0.717) is 0 Å². The second-order valence-electron chi connectivity index (χ2n) is 4.32. The summed E-state index contributed by atoms with van der Waals surface area (Å²) in [5.41, 5.74) is -1.05. The lowest BCUT2D eigenvalue weighted by molar-refractivity contribution is -0.0990. The average Bonchev–Trinajstić information content (AvgIpc) is 2.21. The molecule has 0 aliphatic carbocycles. The Labute approximate surface area is 95.9 Å². The number of ether oxygens (including phenoxy) is 1. The lowest BCUT2D eigenvalue weighted by Crippen LogP contribution is -2.44. The Morgan fingerprint density at radius 3 is 2.25 bits per heavy atom. The van der Waals surface area contributed by atoms with Crippen molar-refractivity contribution in [1.29, 1.82) is 5.26 Å². The van der Waals surface area contributed by atoms with Crippen LogP contribution in [0.4, 0.5) is 0 Å². The summed E-state index contributed by atoms with van der Waals surface area (Å²) in [6.45, 7) is 3.25. The van der Waals surface area contributed by atoms with Gasteiger partial charge in [-0.05, 0) is 13.8 Å². The molecule has 0 aromatic carbocycles. The third-order valence-corrected chi connectivity index (χ3v) is 4.58. The molecule has 1 aliphatic rings. The molecule has 1 N–H and O–H groups in total. The summed E-state index contributed by atoms with van der Waals surface area (Å²) < 4.78 is 28.0. The highest BCUT2D eigenvalue weighted by atomic mass is 32.2. The number of rotatable bonds is 3. The van der Waals surface area contributed by atoms with Gasteiger partial charge in [0.15, 0.2) is 15.4 Å². The molecule has 0 radical (unpaired) electrons. The molecule has 0 bridgehead atoms. The highest BCUT2D eigenvalue weighted by molar-refractivity contribution is 7.91. The number of nitrogens with zero attached hydrogens (tertiary/aromatic N) is 1. The normalized spacial score (nSPS) is 26.6. The third kappa shape index (κ3) is 3.17. The molecule has 0 aromatic heterocycles. The molecule has 1 fully saturated rings. The number of hydrogen-bond acceptors (Lipinski definition) is 5. The van der Waals surface area contributed by atoms with E-state index >= 15 is 0 Å². The Balaban J connectivity index is 2.71. The van der Waals surface area contributed by atoms with E-state index in [1.54, 1.807) is 13.8 Å². The first-order valence-electron chi connectivity index (χ1n) is 5.28. The van der Waals surface area contributed by atoms with Crippen LogP contribution in [0.1, 0.15) is 26.7 Å². The lowest BCUT2D eigenvalue weighted by Gasteiger charge is -2.34. The predicted octanol–water partition coefficient (Wildman–Crippen LogP) is 0.243. The molecule has 16 heavy (non-hydrogen) atoms. The van der Waals surface area contributed by atoms with Crippen molar-refractivity contribution in [2.24, 2.45) is 0 Å². The lowest BCUT2D eigenvalue weighted by atomic mass is 9.98. The first-order valence-corrected chi connectivity index (χ1v) is 7.10. The van der Waals surface area contributed by atoms with E-state index in [-0.39, 0.29) is 24.3 Å². The van der Waals surface area contributed by atoms with Crippen molar-refractivity contribution in [3.8, 4) is 6.07 Å². The first kappa shape index (κ1) is 13.4. The van der Waals surface area contributed by atoms with Crippen LogP contribution in [-0.2, 0) is 14.6 Å². The molecule has 1 saturated heterocycles. The van der Waals surface area contributed by atoms with E-state index in [1.165, 1.54) is 0 Å². The van der Waals surface area contributed by atoms with Crippen molar-refractivity contribution in [3.63, 3.8) is 0 Å². The van der Waals surface area contributed by atoms with Gasteiger partial charge < -0.3 is 9.84 Å². The molecule has 2 atom stereocenters. The maximum atomic E-state index is 11.3.